The van der Waals surface area contributed by atoms with Crippen molar-refractivity contribution in [2.24, 2.45) is 5.92 Å². The van der Waals surface area contributed by atoms with Gasteiger partial charge in [0.15, 0.2) is 5.13 Å². The van der Waals surface area contributed by atoms with E-state index >= 15 is 0 Å². The van der Waals surface area contributed by atoms with Crippen molar-refractivity contribution in [3.63, 3.8) is 0 Å². The summed E-state index contributed by atoms with van der Waals surface area (Å²) in [4.78, 5) is 18.5. The van der Waals surface area contributed by atoms with Crippen molar-refractivity contribution in [3.8, 4) is 11.3 Å². The molecule has 0 saturated carbocycles. The van der Waals surface area contributed by atoms with Gasteiger partial charge >= 0.3 is 0 Å². The van der Waals surface area contributed by atoms with Gasteiger partial charge in [0.25, 0.3) is 0 Å². The van der Waals surface area contributed by atoms with Gasteiger partial charge in [-0.2, -0.15) is 12.6 Å². The van der Waals surface area contributed by atoms with Gasteiger partial charge in [-0.25, -0.2) is 4.98 Å². The van der Waals surface area contributed by atoms with E-state index in [1.165, 1.54) is 16.9 Å². The molecule has 1 saturated heterocycles. The Balaban J connectivity index is 1.88. The first-order chi connectivity index (χ1) is 9.69. The molecule has 104 valence electrons. The number of anilines is 1. The van der Waals surface area contributed by atoms with Crippen molar-refractivity contribution in [1.29, 1.82) is 0 Å². The normalized spacial score (nSPS) is 18.8. The molecule has 1 aromatic heterocycles. The van der Waals surface area contributed by atoms with Gasteiger partial charge in [0.1, 0.15) is 0 Å². The van der Waals surface area contributed by atoms with Gasteiger partial charge in [0.05, 0.1) is 5.69 Å². The summed E-state index contributed by atoms with van der Waals surface area (Å²) in [5.41, 5.74) is 3.28. The molecule has 0 N–H and O–H groups in total. The van der Waals surface area contributed by atoms with Gasteiger partial charge in [0, 0.05) is 23.9 Å². The van der Waals surface area contributed by atoms with E-state index in [2.05, 4.69) is 36.7 Å². The van der Waals surface area contributed by atoms with E-state index in [4.69, 9.17) is 0 Å². The summed E-state index contributed by atoms with van der Waals surface area (Å²) in [5, 5.41) is 2.83. The van der Waals surface area contributed by atoms with Crippen molar-refractivity contribution in [1.82, 2.24) is 4.98 Å². The predicted molar refractivity (Wildman–Crippen MR) is 86.6 cm³/mol. The van der Waals surface area contributed by atoms with E-state index in [0.717, 1.165) is 28.7 Å². The lowest BCUT2D eigenvalue weighted by Crippen LogP contribution is -2.24. The zero-order valence-corrected chi connectivity index (χ0v) is 13.0. The van der Waals surface area contributed by atoms with Crippen LogP contribution < -0.4 is 4.90 Å². The third-order valence-electron chi connectivity index (χ3n) is 3.61. The Labute approximate surface area is 128 Å². The third kappa shape index (κ3) is 2.47. The van der Waals surface area contributed by atoms with Crippen molar-refractivity contribution in [3.05, 3.63) is 35.2 Å². The summed E-state index contributed by atoms with van der Waals surface area (Å²) in [6.45, 7) is 2.81. The average molecular weight is 304 g/mol. The van der Waals surface area contributed by atoms with Gasteiger partial charge in [0.2, 0.25) is 5.91 Å². The zero-order chi connectivity index (χ0) is 14.1. The van der Waals surface area contributed by atoms with Gasteiger partial charge < -0.3 is 0 Å². The largest absolute Gasteiger partial charge is 0.288 e. The number of benzene rings is 1. The first kappa shape index (κ1) is 13.6. The molecule has 2 aromatic rings. The molecule has 1 aliphatic heterocycles. The van der Waals surface area contributed by atoms with Crippen LogP contribution in [0, 0.1) is 12.8 Å². The molecule has 3 nitrogen and oxygen atoms in total. The summed E-state index contributed by atoms with van der Waals surface area (Å²) in [5.74, 6) is 1.25. The van der Waals surface area contributed by atoms with E-state index in [1.807, 2.05) is 17.5 Å². The van der Waals surface area contributed by atoms with Crippen molar-refractivity contribution in [2.75, 3.05) is 17.2 Å². The Morgan fingerprint density at radius 1 is 1.45 bits per heavy atom. The highest BCUT2D eigenvalue weighted by molar-refractivity contribution is 7.80. The Kier molecular flexibility index (Phi) is 3.81. The maximum absolute atomic E-state index is 12.0. The molecule has 1 aliphatic rings. The maximum Gasteiger partial charge on any atom is 0.229 e. The van der Waals surface area contributed by atoms with Crippen LogP contribution in [0.2, 0.25) is 0 Å². The molecule has 1 fully saturated rings. The number of nitrogens with zero attached hydrogens (tertiary/aromatic N) is 2. The molecule has 0 aliphatic carbocycles. The summed E-state index contributed by atoms with van der Waals surface area (Å²) in [7, 11) is 0. The van der Waals surface area contributed by atoms with Crippen molar-refractivity contribution in [2.45, 2.75) is 13.3 Å². The second-order valence-electron chi connectivity index (χ2n) is 5.09. The van der Waals surface area contributed by atoms with Crippen LogP contribution in [0.25, 0.3) is 11.3 Å². The average Bonchev–Trinajstić information content (AvgIpc) is 3.05. The van der Waals surface area contributed by atoms with Gasteiger partial charge in [-0.15, -0.1) is 11.3 Å². The van der Waals surface area contributed by atoms with Crippen LogP contribution in [0.3, 0.4) is 0 Å². The Bertz CT molecular complexity index is 638. The minimum atomic E-state index is 0.162. The van der Waals surface area contributed by atoms with E-state index in [-0.39, 0.29) is 5.91 Å². The Hall–Kier alpha value is -1.33. The molecule has 1 amide bonds. The zero-order valence-electron chi connectivity index (χ0n) is 11.2. The monoisotopic (exact) mass is 304 g/mol. The number of hydrogen-bond acceptors (Lipinski definition) is 4. The number of carbonyl (C=O) groups excluding carboxylic acids is 1. The van der Waals surface area contributed by atoms with E-state index in [9.17, 15) is 4.79 Å². The molecule has 0 bridgehead atoms. The van der Waals surface area contributed by atoms with Gasteiger partial charge in [-0.3, -0.25) is 9.69 Å². The topological polar surface area (TPSA) is 33.2 Å². The standard InChI is InChI=1S/C15H16N2OS2/c1-10-4-2-3-5-12(10)13-9-20-15(16-13)17-7-11(8-19)6-14(17)18/h2-5,9,11,19H,6-8H2,1H3. The van der Waals surface area contributed by atoms with Crippen LogP contribution in [0.4, 0.5) is 5.13 Å². The minimum absolute atomic E-state index is 0.162. The first-order valence-electron chi connectivity index (χ1n) is 6.62. The second kappa shape index (κ2) is 5.58. The number of aryl methyl sites for hydroxylation is 1. The van der Waals surface area contributed by atoms with Crippen LogP contribution in [0.1, 0.15) is 12.0 Å². The Morgan fingerprint density at radius 2 is 2.25 bits per heavy atom. The molecule has 5 heteroatoms. The number of rotatable bonds is 3. The van der Waals surface area contributed by atoms with Crippen LogP contribution in [-0.4, -0.2) is 23.2 Å². The van der Waals surface area contributed by atoms with E-state index < -0.39 is 0 Å². The molecule has 1 unspecified atom stereocenters. The van der Waals surface area contributed by atoms with Crippen molar-refractivity contribution >= 4 is 35.0 Å². The highest BCUT2D eigenvalue weighted by Gasteiger charge is 2.31. The fourth-order valence-electron chi connectivity index (χ4n) is 2.46. The van der Waals surface area contributed by atoms with Crippen LogP contribution >= 0.6 is 24.0 Å². The van der Waals surface area contributed by atoms with Crippen LogP contribution in [-0.2, 0) is 4.79 Å². The summed E-state index contributed by atoms with van der Waals surface area (Å²) < 4.78 is 0. The fourth-order valence-corrected chi connectivity index (χ4v) is 3.56. The van der Waals surface area contributed by atoms with Gasteiger partial charge in [-0.1, -0.05) is 24.3 Å². The molecular formula is C15H16N2OS2. The maximum atomic E-state index is 12.0. The lowest BCUT2D eigenvalue weighted by molar-refractivity contribution is -0.117. The van der Waals surface area contributed by atoms with Crippen LogP contribution in [0.5, 0.6) is 0 Å². The summed E-state index contributed by atoms with van der Waals surface area (Å²) >= 11 is 5.83. The van der Waals surface area contributed by atoms with Gasteiger partial charge in [-0.05, 0) is 24.2 Å². The highest BCUT2D eigenvalue weighted by atomic mass is 32.1. The lowest BCUT2D eigenvalue weighted by atomic mass is 10.1. The quantitative estimate of drug-likeness (QED) is 0.882. The number of carbonyl (C=O) groups is 1. The second-order valence-corrected chi connectivity index (χ2v) is 6.29. The molecular weight excluding hydrogens is 288 g/mol. The minimum Gasteiger partial charge on any atom is -0.288 e. The SMILES string of the molecule is Cc1ccccc1-c1csc(N2CC(CS)CC2=O)n1. The summed E-state index contributed by atoms with van der Waals surface area (Å²) in [6.07, 6.45) is 0.586. The number of amides is 1. The van der Waals surface area contributed by atoms with E-state index in [0.29, 0.717) is 12.3 Å². The molecule has 0 radical (unpaired) electrons. The third-order valence-corrected chi connectivity index (χ3v) is 4.99. The molecule has 2 heterocycles. The lowest BCUT2D eigenvalue weighted by Gasteiger charge is -2.12. The number of thiol groups is 1. The number of aromatic nitrogens is 1. The first-order valence-corrected chi connectivity index (χ1v) is 8.13. The Morgan fingerprint density at radius 3 is 2.95 bits per heavy atom. The molecule has 3 rings (SSSR count). The van der Waals surface area contributed by atoms with Crippen LogP contribution in [0.15, 0.2) is 29.6 Å². The molecule has 1 aromatic carbocycles. The molecule has 0 spiro atoms. The van der Waals surface area contributed by atoms with E-state index in [1.54, 1.807) is 4.90 Å². The van der Waals surface area contributed by atoms with Crippen molar-refractivity contribution < 1.29 is 4.79 Å². The molecule has 1 atom stereocenters. The summed E-state index contributed by atoms with van der Waals surface area (Å²) in [6, 6.07) is 8.18. The molecule has 20 heavy (non-hydrogen) atoms. The number of thiazole rings is 1. The predicted octanol–water partition coefficient (Wildman–Crippen LogP) is 3.40. The highest BCUT2D eigenvalue weighted by Crippen LogP contribution is 2.32. The number of hydrogen-bond donors (Lipinski definition) is 1. The fraction of sp³-hybridized carbons (Fsp3) is 0.333. The smallest absolute Gasteiger partial charge is 0.229 e.